The van der Waals surface area contributed by atoms with Gasteiger partial charge in [-0.1, -0.05) is 12.1 Å². The number of nitro groups is 1. The number of nitrogens with zero attached hydrogens (tertiary/aromatic N) is 1. The molecule has 0 aliphatic carbocycles. The lowest BCUT2D eigenvalue weighted by Gasteiger charge is -2.15. The maximum atomic E-state index is 13.6. The van der Waals surface area contributed by atoms with E-state index in [0.29, 0.717) is 0 Å². The highest BCUT2D eigenvalue weighted by Crippen LogP contribution is 2.29. The number of hydrogen-bond acceptors (Lipinski definition) is 6. The van der Waals surface area contributed by atoms with E-state index in [4.69, 9.17) is 9.47 Å². The zero-order chi connectivity index (χ0) is 19.3. The largest absolute Gasteiger partial charge is 0.495 e. The molecule has 0 spiro atoms. The summed E-state index contributed by atoms with van der Waals surface area (Å²) in [6.45, 7) is 1.29. The van der Waals surface area contributed by atoms with Crippen molar-refractivity contribution in [2.24, 2.45) is 0 Å². The predicted octanol–water partition coefficient (Wildman–Crippen LogP) is 2.93. The van der Waals surface area contributed by atoms with Crippen LogP contribution in [0.3, 0.4) is 0 Å². The van der Waals surface area contributed by atoms with E-state index in [1.54, 1.807) is 0 Å². The first-order valence-corrected chi connectivity index (χ1v) is 7.42. The summed E-state index contributed by atoms with van der Waals surface area (Å²) in [5.41, 5.74) is -0.516. The summed E-state index contributed by atoms with van der Waals surface area (Å²) in [4.78, 5) is 34.4. The maximum absolute atomic E-state index is 13.6. The summed E-state index contributed by atoms with van der Waals surface area (Å²) in [6, 6.07) is 8.85. The van der Waals surface area contributed by atoms with Crippen LogP contribution in [0.15, 0.2) is 42.5 Å². The molecule has 9 heteroatoms. The summed E-state index contributed by atoms with van der Waals surface area (Å²) in [5, 5.41) is 13.2. The van der Waals surface area contributed by atoms with Crippen LogP contribution in [0, 0.1) is 15.9 Å². The Hall–Kier alpha value is -3.49. The second-order valence-corrected chi connectivity index (χ2v) is 5.16. The number of anilines is 1. The average molecular weight is 362 g/mol. The monoisotopic (exact) mass is 362 g/mol. The summed E-state index contributed by atoms with van der Waals surface area (Å²) in [7, 11) is 1.33. The van der Waals surface area contributed by atoms with Gasteiger partial charge < -0.3 is 14.8 Å². The molecular formula is C17H15FN2O6. The Labute approximate surface area is 147 Å². The van der Waals surface area contributed by atoms with Crippen molar-refractivity contribution in [2.75, 3.05) is 12.4 Å². The first kappa shape index (κ1) is 18.8. The molecule has 136 valence electrons. The highest BCUT2D eigenvalue weighted by Gasteiger charge is 2.22. The topological polar surface area (TPSA) is 108 Å². The van der Waals surface area contributed by atoms with Gasteiger partial charge in [0.05, 0.1) is 23.3 Å². The molecule has 2 rings (SSSR count). The Balaban J connectivity index is 2.12. The fourth-order valence-electron chi connectivity index (χ4n) is 2.05. The van der Waals surface area contributed by atoms with Crippen LogP contribution in [0.1, 0.15) is 17.3 Å². The molecule has 0 aliphatic rings. The van der Waals surface area contributed by atoms with Gasteiger partial charge in [0.25, 0.3) is 11.6 Å². The maximum Gasteiger partial charge on any atom is 0.341 e. The standard InChI is InChI=1S/C17H15FN2O6/c1-10(26-17(22)12-5-3-4-6-13(12)18)16(21)19-14-9-11(20(23)24)7-8-15(14)25-2/h3-10H,1-2H3,(H,19,21). The van der Waals surface area contributed by atoms with Crippen LogP contribution in [0.5, 0.6) is 5.75 Å². The van der Waals surface area contributed by atoms with Crippen molar-refractivity contribution < 1.29 is 28.4 Å². The predicted molar refractivity (Wildman–Crippen MR) is 89.6 cm³/mol. The Morgan fingerprint density at radius 2 is 1.92 bits per heavy atom. The zero-order valence-electron chi connectivity index (χ0n) is 13.9. The molecule has 0 radical (unpaired) electrons. The summed E-state index contributed by atoms with van der Waals surface area (Å²) < 4.78 is 23.5. The van der Waals surface area contributed by atoms with Gasteiger partial charge in [-0.15, -0.1) is 0 Å². The number of rotatable bonds is 6. The Bertz CT molecular complexity index is 855. The molecule has 2 aromatic rings. The number of carbonyl (C=O) groups is 2. The highest BCUT2D eigenvalue weighted by atomic mass is 19.1. The van der Waals surface area contributed by atoms with Crippen molar-refractivity contribution in [1.82, 2.24) is 0 Å². The van der Waals surface area contributed by atoms with E-state index in [0.717, 1.165) is 12.1 Å². The zero-order valence-corrected chi connectivity index (χ0v) is 13.9. The Morgan fingerprint density at radius 3 is 2.54 bits per heavy atom. The number of benzene rings is 2. The molecule has 0 bridgehead atoms. The molecular weight excluding hydrogens is 347 g/mol. The highest BCUT2D eigenvalue weighted by molar-refractivity contribution is 5.98. The number of esters is 1. The Kier molecular flexibility index (Phi) is 5.84. The summed E-state index contributed by atoms with van der Waals surface area (Å²) in [5.74, 6) is -2.34. The third kappa shape index (κ3) is 4.32. The lowest BCUT2D eigenvalue weighted by molar-refractivity contribution is -0.384. The van der Waals surface area contributed by atoms with Gasteiger partial charge in [0.1, 0.15) is 11.6 Å². The van der Waals surface area contributed by atoms with Gasteiger partial charge in [0.2, 0.25) is 0 Å². The first-order valence-electron chi connectivity index (χ1n) is 7.42. The second-order valence-electron chi connectivity index (χ2n) is 5.16. The Morgan fingerprint density at radius 1 is 1.23 bits per heavy atom. The van der Waals surface area contributed by atoms with Crippen LogP contribution in [-0.2, 0) is 9.53 Å². The molecule has 1 atom stereocenters. The molecule has 0 heterocycles. The minimum atomic E-state index is -1.27. The van der Waals surface area contributed by atoms with E-state index in [2.05, 4.69) is 5.32 Å². The molecule has 0 saturated carbocycles. The number of methoxy groups -OCH3 is 1. The van der Waals surface area contributed by atoms with Crippen molar-refractivity contribution in [3.63, 3.8) is 0 Å². The molecule has 1 unspecified atom stereocenters. The quantitative estimate of drug-likeness (QED) is 0.481. The molecule has 2 aromatic carbocycles. The van der Waals surface area contributed by atoms with Crippen molar-refractivity contribution in [1.29, 1.82) is 0 Å². The minimum Gasteiger partial charge on any atom is -0.495 e. The van der Waals surface area contributed by atoms with Gasteiger partial charge in [0.15, 0.2) is 6.10 Å². The number of halogens is 1. The molecule has 0 fully saturated rings. The summed E-state index contributed by atoms with van der Waals surface area (Å²) >= 11 is 0. The van der Waals surface area contributed by atoms with Gasteiger partial charge in [-0.3, -0.25) is 14.9 Å². The van der Waals surface area contributed by atoms with Gasteiger partial charge >= 0.3 is 5.97 Å². The van der Waals surface area contributed by atoms with E-state index >= 15 is 0 Å². The second kappa shape index (κ2) is 8.06. The SMILES string of the molecule is COc1ccc([N+](=O)[O-])cc1NC(=O)C(C)OC(=O)c1ccccc1F. The number of amides is 1. The van der Waals surface area contributed by atoms with Crippen molar-refractivity contribution in [3.8, 4) is 5.75 Å². The average Bonchev–Trinajstić information content (AvgIpc) is 2.61. The first-order chi connectivity index (χ1) is 12.3. The van der Waals surface area contributed by atoms with E-state index < -0.39 is 28.7 Å². The number of nitro benzene ring substituents is 1. The van der Waals surface area contributed by atoms with E-state index in [-0.39, 0.29) is 22.7 Å². The van der Waals surface area contributed by atoms with Crippen LogP contribution in [0.4, 0.5) is 15.8 Å². The molecule has 0 aliphatic heterocycles. The van der Waals surface area contributed by atoms with Crippen LogP contribution in [0.2, 0.25) is 0 Å². The smallest absolute Gasteiger partial charge is 0.341 e. The summed E-state index contributed by atoms with van der Waals surface area (Å²) in [6.07, 6.45) is -1.27. The van der Waals surface area contributed by atoms with Gasteiger partial charge in [-0.05, 0) is 25.1 Å². The number of hydrogen-bond donors (Lipinski definition) is 1. The number of non-ortho nitro benzene ring substituents is 1. The molecule has 8 nitrogen and oxygen atoms in total. The normalized spacial score (nSPS) is 11.3. The van der Waals surface area contributed by atoms with E-state index in [9.17, 15) is 24.1 Å². The fraction of sp³-hybridized carbons (Fsp3) is 0.176. The van der Waals surface area contributed by atoms with Crippen LogP contribution in [-0.4, -0.2) is 30.0 Å². The van der Waals surface area contributed by atoms with Crippen LogP contribution >= 0.6 is 0 Å². The van der Waals surface area contributed by atoms with Crippen LogP contribution in [0.25, 0.3) is 0 Å². The van der Waals surface area contributed by atoms with Crippen molar-refractivity contribution in [3.05, 3.63) is 64.0 Å². The van der Waals surface area contributed by atoms with Crippen molar-refractivity contribution in [2.45, 2.75) is 13.0 Å². The number of ether oxygens (including phenoxy) is 2. The molecule has 1 N–H and O–H groups in total. The van der Waals surface area contributed by atoms with Gasteiger partial charge in [-0.2, -0.15) is 0 Å². The lowest BCUT2D eigenvalue weighted by Crippen LogP contribution is -2.30. The fourth-order valence-corrected chi connectivity index (χ4v) is 2.05. The molecule has 0 aromatic heterocycles. The van der Waals surface area contributed by atoms with Gasteiger partial charge in [0, 0.05) is 12.1 Å². The number of carbonyl (C=O) groups excluding carboxylic acids is 2. The third-order valence-electron chi connectivity index (χ3n) is 3.40. The minimum absolute atomic E-state index is 0.0421. The molecule has 26 heavy (non-hydrogen) atoms. The van der Waals surface area contributed by atoms with Crippen molar-refractivity contribution >= 4 is 23.3 Å². The van der Waals surface area contributed by atoms with E-state index in [1.165, 1.54) is 44.4 Å². The van der Waals surface area contributed by atoms with E-state index in [1.807, 2.05) is 0 Å². The molecule has 1 amide bonds. The van der Waals surface area contributed by atoms with Gasteiger partial charge in [-0.25, -0.2) is 9.18 Å². The van der Waals surface area contributed by atoms with Crippen LogP contribution < -0.4 is 10.1 Å². The third-order valence-corrected chi connectivity index (χ3v) is 3.40. The number of nitrogens with one attached hydrogen (secondary N) is 1. The lowest BCUT2D eigenvalue weighted by atomic mass is 10.2. The molecule has 0 saturated heterocycles.